The molecule has 1 rings (SSSR count). The molecule has 0 aliphatic heterocycles. The number of rotatable bonds is 4. The first kappa shape index (κ1) is 11.9. The van der Waals surface area contributed by atoms with E-state index in [1.807, 2.05) is 0 Å². The van der Waals surface area contributed by atoms with E-state index in [-0.39, 0.29) is 12.1 Å². The van der Waals surface area contributed by atoms with Crippen molar-refractivity contribution < 1.29 is 19.7 Å². The van der Waals surface area contributed by atoms with Crippen molar-refractivity contribution in [1.29, 1.82) is 0 Å². The fourth-order valence-electron chi connectivity index (χ4n) is 1.29. The van der Waals surface area contributed by atoms with Crippen LogP contribution >= 0.6 is 0 Å². The molecule has 0 saturated heterocycles. The Hall–Kier alpha value is -1.17. The van der Waals surface area contributed by atoms with Gasteiger partial charge in [-0.2, -0.15) is 0 Å². The number of hydrogen-bond acceptors (Lipinski definition) is 4. The minimum atomic E-state index is -1.36. The lowest BCUT2D eigenvalue weighted by molar-refractivity contribution is 0.0179. The molecule has 0 radical (unpaired) electrons. The predicted octanol–water partition coefficient (Wildman–Crippen LogP) is 0.145. The van der Waals surface area contributed by atoms with Crippen molar-refractivity contribution in [3.8, 4) is 5.75 Å². The monoisotopic (exact) mass is 215 g/mol. The third-order valence-electron chi connectivity index (χ3n) is 2.10. The number of aliphatic hydroxyl groups is 2. The lowest BCUT2D eigenvalue weighted by Crippen LogP contribution is -2.30. The van der Waals surface area contributed by atoms with E-state index < -0.39 is 23.8 Å². The number of hydrogen-bond donors (Lipinski definition) is 4. The van der Waals surface area contributed by atoms with E-state index >= 15 is 0 Å². The van der Waals surface area contributed by atoms with Crippen LogP contribution in [0.25, 0.3) is 0 Å². The molecule has 0 aromatic heterocycles. The van der Waals surface area contributed by atoms with Crippen LogP contribution in [0.4, 0.5) is 4.39 Å². The maximum atomic E-state index is 13.3. The van der Waals surface area contributed by atoms with Crippen molar-refractivity contribution in [3.63, 3.8) is 0 Å². The van der Waals surface area contributed by atoms with Crippen LogP contribution in [0.1, 0.15) is 11.7 Å². The Morgan fingerprint density at radius 2 is 2.07 bits per heavy atom. The smallest absolute Gasteiger partial charge is 0.170 e. The van der Waals surface area contributed by atoms with Gasteiger partial charge in [0.05, 0.1) is 6.10 Å². The Labute approximate surface area is 87.0 Å². The van der Waals surface area contributed by atoms with Gasteiger partial charge < -0.3 is 20.6 Å². The van der Waals surface area contributed by atoms with Crippen LogP contribution in [0.5, 0.6) is 5.75 Å². The fourth-order valence-corrected chi connectivity index (χ4v) is 1.29. The molecular formula is C10H14FNO3. The van der Waals surface area contributed by atoms with Gasteiger partial charge in [-0.15, -0.1) is 0 Å². The van der Waals surface area contributed by atoms with Crippen LogP contribution < -0.4 is 5.32 Å². The minimum absolute atomic E-state index is 0.113. The maximum Gasteiger partial charge on any atom is 0.170 e. The zero-order valence-electron chi connectivity index (χ0n) is 8.31. The second-order valence-electron chi connectivity index (χ2n) is 3.25. The number of benzene rings is 1. The lowest BCUT2D eigenvalue weighted by Gasteiger charge is -2.18. The van der Waals surface area contributed by atoms with Gasteiger partial charge in [-0.05, 0) is 13.1 Å². The predicted molar refractivity (Wildman–Crippen MR) is 53.0 cm³/mol. The molecule has 0 heterocycles. The summed E-state index contributed by atoms with van der Waals surface area (Å²) in [6.45, 7) is 0.135. The number of aliphatic hydroxyl groups excluding tert-OH is 2. The van der Waals surface area contributed by atoms with Crippen molar-refractivity contribution in [2.75, 3.05) is 13.6 Å². The number of phenols is 1. The van der Waals surface area contributed by atoms with Crippen LogP contribution in [0.3, 0.4) is 0 Å². The first-order valence-electron chi connectivity index (χ1n) is 4.56. The number of likely N-dealkylation sites (N-methyl/N-ethyl adjacent to an activating group) is 1. The van der Waals surface area contributed by atoms with Gasteiger partial charge in [0.1, 0.15) is 6.10 Å². The van der Waals surface area contributed by atoms with E-state index in [9.17, 15) is 14.6 Å². The normalized spacial score (nSPS) is 14.9. The van der Waals surface area contributed by atoms with Crippen molar-refractivity contribution in [1.82, 2.24) is 5.32 Å². The standard InChI is InChI=1S/C10H14FNO3/c1-12-5-8(14)10(15)6-3-2-4-7(13)9(6)11/h2-4,8,10,12-15H,5H2,1H3. The summed E-state index contributed by atoms with van der Waals surface area (Å²) in [7, 11) is 1.61. The van der Waals surface area contributed by atoms with Gasteiger partial charge >= 0.3 is 0 Å². The summed E-state index contributed by atoms with van der Waals surface area (Å²) in [6, 6.07) is 3.90. The highest BCUT2D eigenvalue weighted by Crippen LogP contribution is 2.25. The molecule has 0 aliphatic carbocycles. The minimum Gasteiger partial charge on any atom is -0.505 e. The average molecular weight is 215 g/mol. The van der Waals surface area contributed by atoms with Gasteiger partial charge in [0.15, 0.2) is 11.6 Å². The highest BCUT2D eigenvalue weighted by atomic mass is 19.1. The van der Waals surface area contributed by atoms with Gasteiger partial charge in [-0.3, -0.25) is 0 Å². The molecule has 4 nitrogen and oxygen atoms in total. The van der Waals surface area contributed by atoms with E-state index in [2.05, 4.69) is 5.32 Å². The second-order valence-corrected chi connectivity index (χ2v) is 3.25. The molecule has 0 saturated carbocycles. The van der Waals surface area contributed by atoms with Gasteiger partial charge in [-0.25, -0.2) is 4.39 Å². The number of aromatic hydroxyl groups is 1. The van der Waals surface area contributed by atoms with Crippen molar-refractivity contribution in [3.05, 3.63) is 29.6 Å². The van der Waals surface area contributed by atoms with Crippen LogP contribution in [0, 0.1) is 5.82 Å². The summed E-state index contributed by atoms with van der Waals surface area (Å²) in [6.07, 6.45) is -2.48. The molecular weight excluding hydrogens is 201 g/mol. The lowest BCUT2D eigenvalue weighted by atomic mass is 10.0. The first-order valence-corrected chi connectivity index (χ1v) is 4.56. The Bertz CT molecular complexity index is 332. The number of nitrogens with one attached hydrogen (secondary N) is 1. The Kier molecular flexibility index (Phi) is 4.02. The van der Waals surface area contributed by atoms with Gasteiger partial charge in [0.2, 0.25) is 0 Å². The van der Waals surface area contributed by atoms with E-state index in [4.69, 9.17) is 5.11 Å². The molecule has 4 N–H and O–H groups in total. The molecule has 0 aliphatic rings. The molecule has 0 amide bonds. The Balaban J connectivity index is 2.90. The summed E-state index contributed by atoms with van der Waals surface area (Å²) in [5, 5.41) is 30.7. The third-order valence-corrected chi connectivity index (χ3v) is 2.10. The largest absolute Gasteiger partial charge is 0.505 e. The van der Waals surface area contributed by atoms with Gasteiger partial charge in [0.25, 0.3) is 0 Å². The van der Waals surface area contributed by atoms with Crippen molar-refractivity contribution in [2.24, 2.45) is 0 Å². The second kappa shape index (κ2) is 5.06. The molecule has 15 heavy (non-hydrogen) atoms. The molecule has 5 heteroatoms. The quantitative estimate of drug-likeness (QED) is 0.576. The zero-order valence-corrected chi connectivity index (χ0v) is 8.31. The van der Waals surface area contributed by atoms with Crippen LogP contribution in [-0.4, -0.2) is 35.0 Å². The van der Waals surface area contributed by atoms with Crippen molar-refractivity contribution in [2.45, 2.75) is 12.2 Å². The zero-order chi connectivity index (χ0) is 11.4. The first-order chi connectivity index (χ1) is 7.07. The Morgan fingerprint density at radius 1 is 1.40 bits per heavy atom. The summed E-state index contributed by atoms with van der Waals surface area (Å²) in [5.41, 5.74) is -0.113. The summed E-state index contributed by atoms with van der Waals surface area (Å²) < 4.78 is 13.3. The average Bonchev–Trinajstić information content (AvgIpc) is 2.21. The molecule has 2 unspecified atom stereocenters. The molecule has 0 bridgehead atoms. The SMILES string of the molecule is CNCC(O)C(O)c1cccc(O)c1F. The molecule has 1 aromatic carbocycles. The molecule has 0 fully saturated rings. The summed E-state index contributed by atoms with van der Waals surface area (Å²) in [4.78, 5) is 0. The van der Waals surface area contributed by atoms with Gasteiger partial charge in [-0.1, -0.05) is 12.1 Å². The van der Waals surface area contributed by atoms with Crippen LogP contribution in [0.15, 0.2) is 18.2 Å². The maximum absolute atomic E-state index is 13.3. The van der Waals surface area contributed by atoms with Gasteiger partial charge in [0, 0.05) is 12.1 Å². The van der Waals surface area contributed by atoms with E-state index in [1.165, 1.54) is 18.2 Å². The topological polar surface area (TPSA) is 72.7 Å². The summed E-state index contributed by atoms with van der Waals surface area (Å²) >= 11 is 0. The van der Waals surface area contributed by atoms with E-state index in [0.29, 0.717) is 0 Å². The number of halogens is 1. The molecule has 84 valence electrons. The van der Waals surface area contributed by atoms with Crippen molar-refractivity contribution >= 4 is 0 Å². The van der Waals surface area contributed by atoms with Crippen LogP contribution in [0.2, 0.25) is 0 Å². The van der Waals surface area contributed by atoms with E-state index in [0.717, 1.165) is 0 Å². The third kappa shape index (κ3) is 2.65. The number of phenolic OH excluding ortho intramolecular Hbond substituents is 1. The fraction of sp³-hybridized carbons (Fsp3) is 0.400. The van der Waals surface area contributed by atoms with E-state index in [1.54, 1.807) is 7.05 Å². The summed E-state index contributed by atoms with van der Waals surface area (Å²) in [5.74, 6) is -1.44. The molecule has 2 atom stereocenters. The highest BCUT2D eigenvalue weighted by molar-refractivity contribution is 5.31. The highest BCUT2D eigenvalue weighted by Gasteiger charge is 2.22. The Morgan fingerprint density at radius 3 is 2.67 bits per heavy atom. The van der Waals surface area contributed by atoms with Crippen LogP contribution in [-0.2, 0) is 0 Å². The molecule has 0 spiro atoms. The molecule has 1 aromatic rings.